The lowest BCUT2D eigenvalue weighted by Gasteiger charge is -2.40. The van der Waals surface area contributed by atoms with Crippen molar-refractivity contribution in [2.45, 2.75) is 44.2 Å². The van der Waals surface area contributed by atoms with Gasteiger partial charge in [-0.25, -0.2) is 14.1 Å². The fraction of sp³-hybridized carbons (Fsp3) is 0.400. The minimum atomic E-state index is -1.12. The van der Waals surface area contributed by atoms with Gasteiger partial charge in [0.25, 0.3) is 5.56 Å². The quantitative estimate of drug-likeness (QED) is 0.447. The normalized spacial score (nSPS) is 19.4. The summed E-state index contributed by atoms with van der Waals surface area (Å²) in [6.45, 7) is 0.961. The number of rotatable bonds is 4. The molecule has 3 aromatic heterocycles. The average molecular weight is 492 g/mol. The number of aromatic nitrogens is 6. The van der Waals surface area contributed by atoms with Gasteiger partial charge in [0.05, 0.1) is 30.2 Å². The topological polar surface area (TPSA) is 122 Å². The van der Waals surface area contributed by atoms with Crippen molar-refractivity contribution in [2.75, 3.05) is 13.1 Å². The van der Waals surface area contributed by atoms with Crippen molar-refractivity contribution in [3.05, 3.63) is 70.4 Å². The van der Waals surface area contributed by atoms with E-state index in [2.05, 4.69) is 20.3 Å². The van der Waals surface area contributed by atoms with E-state index < -0.39 is 5.60 Å². The maximum absolute atomic E-state index is 13.3. The zero-order valence-corrected chi connectivity index (χ0v) is 19.6. The van der Waals surface area contributed by atoms with Crippen molar-refractivity contribution in [1.82, 2.24) is 34.4 Å². The van der Waals surface area contributed by atoms with Crippen molar-refractivity contribution < 1.29 is 14.3 Å². The van der Waals surface area contributed by atoms with Crippen LogP contribution in [0.4, 0.5) is 4.39 Å². The smallest absolute Gasteiger partial charge is 0.264 e. The van der Waals surface area contributed by atoms with Gasteiger partial charge in [-0.2, -0.15) is 10.2 Å². The molecular weight excluding hydrogens is 465 g/mol. The summed E-state index contributed by atoms with van der Waals surface area (Å²) in [5, 5.41) is 22.9. The van der Waals surface area contributed by atoms with Gasteiger partial charge in [-0.1, -0.05) is 0 Å². The van der Waals surface area contributed by atoms with E-state index >= 15 is 0 Å². The molecule has 0 radical (unpaired) electrons. The third kappa shape index (κ3) is 3.98. The molecular formula is C25H26FN7O3. The number of aromatic amines is 1. The number of aliphatic hydroxyl groups is 1. The van der Waals surface area contributed by atoms with E-state index in [1.807, 2.05) is 11.1 Å². The molecule has 2 N–H and O–H groups in total. The fourth-order valence-corrected chi connectivity index (χ4v) is 5.33. The Morgan fingerprint density at radius 3 is 2.75 bits per heavy atom. The van der Waals surface area contributed by atoms with Crippen LogP contribution in [0.2, 0.25) is 0 Å². The van der Waals surface area contributed by atoms with E-state index in [-0.39, 0.29) is 29.7 Å². The molecule has 2 aliphatic rings. The Morgan fingerprint density at radius 1 is 1.19 bits per heavy atom. The first-order valence-electron chi connectivity index (χ1n) is 12.1. The number of hydrogen-bond donors (Lipinski definition) is 2. The number of nitrogens with zero attached hydrogens (tertiary/aromatic N) is 6. The lowest BCUT2D eigenvalue weighted by atomic mass is 9.85. The fourth-order valence-electron chi connectivity index (χ4n) is 5.33. The van der Waals surface area contributed by atoms with Gasteiger partial charge in [0.2, 0.25) is 5.91 Å². The van der Waals surface area contributed by atoms with Gasteiger partial charge in [-0.15, -0.1) is 0 Å². The maximum Gasteiger partial charge on any atom is 0.264 e. The number of piperidine rings is 1. The van der Waals surface area contributed by atoms with Crippen LogP contribution in [0.3, 0.4) is 0 Å². The number of carbonyl (C=O) groups excluding carboxylic acids is 1. The van der Waals surface area contributed by atoms with Crippen LogP contribution in [0.1, 0.15) is 30.5 Å². The molecule has 10 nitrogen and oxygen atoms in total. The number of H-pyrrole nitrogens is 1. The highest BCUT2D eigenvalue weighted by Crippen LogP contribution is 2.29. The predicted molar refractivity (Wildman–Crippen MR) is 128 cm³/mol. The molecule has 1 amide bonds. The number of nitrogens with one attached hydrogen (secondary N) is 1. The first kappa shape index (κ1) is 22.6. The second-order valence-corrected chi connectivity index (χ2v) is 9.81. The van der Waals surface area contributed by atoms with Crippen LogP contribution in [0.5, 0.6) is 0 Å². The summed E-state index contributed by atoms with van der Waals surface area (Å²) in [7, 11) is 0. The Labute approximate surface area is 205 Å². The first-order valence-corrected chi connectivity index (χ1v) is 12.1. The van der Waals surface area contributed by atoms with Crippen molar-refractivity contribution in [3.63, 3.8) is 0 Å². The number of halogens is 1. The number of likely N-dealkylation sites (tertiary alicyclic amines) is 1. The number of benzene rings is 1. The maximum atomic E-state index is 13.3. The molecule has 6 rings (SSSR count). The number of carbonyl (C=O) groups is 1. The molecule has 1 unspecified atom stereocenters. The van der Waals surface area contributed by atoms with Crippen LogP contribution >= 0.6 is 0 Å². The van der Waals surface area contributed by atoms with Gasteiger partial charge in [0, 0.05) is 31.1 Å². The van der Waals surface area contributed by atoms with Gasteiger partial charge in [0.15, 0.2) is 5.65 Å². The van der Waals surface area contributed by atoms with Crippen LogP contribution in [-0.4, -0.2) is 64.1 Å². The molecule has 186 valence electrons. The van der Waals surface area contributed by atoms with Crippen molar-refractivity contribution in [2.24, 2.45) is 5.92 Å². The number of amides is 1. The highest BCUT2D eigenvalue weighted by molar-refractivity contribution is 5.79. The van der Waals surface area contributed by atoms with Crippen LogP contribution in [0, 0.1) is 11.7 Å². The average Bonchev–Trinajstić information content (AvgIpc) is 3.53. The van der Waals surface area contributed by atoms with E-state index in [4.69, 9.17) is 0 Å². The second kappa shape index (κ2) is 8.66. The standard InChI is InChI=1S/C25H26FN7O3/c26-18-3-5-19(6-4-18)33-22-20(13-29-33)24(35)32(15-27-22)14-25(36)7-9-31(10-8-25)23(34)16-1-2-17-12-28-30-21(17)11-16/h3-6,12-13,15-16,36H,1-2,7-11,14H2,(H,28,30). The summed E-state index contributed by atoms with van der Waals surface area (Å²) < 4.78 is 16.2. The van der Waals surface area contributed by atoms with Gasteiger partial charge < -0.3 is 10.0 Å². The molecule has 36 heavy (non-hydrogen) atoms. The Bertz CT molecular complexity index is 1480. The SMILES string of the molecule is O=C(C1CCc2cn[nH]c2C1)N1CCC(O)(Cn2cnc3c(cnn3-c3ccc(F)cc3)c2=O)CC1. The van der Waals surface area contributed by atoms with Crippen LogP contribution in [0.25, 0.3) is 16.7 Å². The lowest BCUT2D eigenvalue weighted by Crippen LogP contribution is -2.51. The van der Waals surface area contributed by atoms with Crippen molar-refractivity contribution in [3.8, 4) is 5.69 Å². The molecule has 1 atom stereocenters. The molecule has 0 saturated carbocycles. The molecule has 0 spiro atoms. The molecule has 1 fully saturated rings. The summed E-state index contributed by atoms with van der Waals surface area (Å²) in [6.07, 6.45) is 7.74. The first-order chi connectivity index (χ1) is 17.4. The largest absolute Gasteiger partial charge is 0.388 e. The molecule has 1 aliphatic carbocycles. The summed E-state index contributed by atoms with van der Waals surface area (Å²) >= 11 is 0. The monoisotopic (exact) mass is 491 g/mol. The van der Waals surface area contributed by atoms with E-state index in [1.54, 1.807) is 12.1 Å². The Kier molecular flexibility index (Phi) is 5.44. The molecule has 4 heterocycles. The molecule has 1 saturated heterocycles. The number of aryl methyl sites for hydroxylation is 1. The highest BCUT2D eigenvalue weighted by atomic mass is 19.1. The van der Waals surface area contributed by atoms with Gasteiger partial charge in [-0.3, -0.25) is 19.3 Å². The summed E-state index contributed by atoms with van der Waals surface area (Å²) in [5.41, 5.74) is 1.75. The molecule has 1 aliphatic heterocycles. The predicted octanol–water partition coefficient (Wildman–Crippen LogP) is 1.60. The second-order valence-electron chi connectivity index (χ2n) is 9.81. The summed E-state index contributed by atoms with van der Waals surface area (Å²) in [6, 6.07) is 5.76. The minimum Gasteiger partial charge on any atom is -0.388 e. The lowest BCUT2D eigenvalue weighted by molar-refractivity contribution is -0.140. The van der Waals surface area contributed by atoms with E-state index in [0.29, 0.717) is 49.1 Å². The van der Waals surface area contributed by atoms with E-state index in [0.717, 1.165) is 18.5 Å². The zero-order valence-electron chi connectivity index (χ0n) is 19.6. The van der Waals surface area contributed by atoms with Gasteiger partial charge in [0.1, 0.15) is 17.5 Å². The minimum absolute atomic E-state index is 0.0731. The Morgan fingerprint density at radius 2 is 1.97 bits per heavy atom. The van der Waals surface area contributed by atoms with Crippen LogP contribution in [-0.2, 0) is 24.2 Å². The summed E-state index contributed by atoms with van der Waals surface area (Å²) in [5.74, 6) is -0.320. The van der Waals surface area contributed by atoms with Gasteiger partial charge >= 0.3 is 0 Å². The van der Waals surface area contributed by atoms with Crippen molar-refractivity contribution >= 4 is 16.9 Å². The van der Waals surface area contributed by atoms with E-state index in [9.17, 15) is 19.1 Å². The molecule has 11 heteroatoms. The van der Waals surface area contributed by atoms with E-state index in [1.165, 1.54) is 39.5 Å². The zero-order chi connectivity index (χ0) is 24.9. The molecule has 1 aromatic carbocycles. The Hall–Kier alpha value is -3.86. The van der Waals surface area contributed by atoms with Crippen LogP contribution < -0.4 is 5.56 Å². The van der Waals surface area contributed by atoms with Crippen LogP contribution in [0.15, 0.2) is 47.8 Å². The van der Waals surface area contributed by atoms with Crippen molar-refractivity contribution in [1.29, 1.82) is 0 Å². The third-order valence-electron chi connectivity index (χ3n) is 7.47. The number of fused-ring (bicyclic) bond motifs is 2. The third-order valence-corrected chi connectivity index (χ3v) is 7.47. The molecule has 0 bridgehead atoms. The van der Waals surface area contributed by atoms with Gasteiger partial charge in [-0.05, 0) is 55.5 Å². The highest BCUT2D eigenvalue weighted by Gasteiger charge is 2.37. The molecule has 4 aromatic rings. The Balaban J connectivity index is 1.14. The summed E-state index contributed by atoms with van der Waals surface area (Å²) in [4.78, 5) is 32.5. The number of hydrogen-bond acceptors (Lipinski definition) is 6.